The first kappa shape index (κ1) is 18.0. The Labute approximate surface area is 128 Å². The molecule has 21 heavy (non-hydrogen) atoms. The van der Waals surface area contributed by atoms with E-state index in [4.69, 9.17) is 10.8 Å². The van der Waals surface area contributed by atoms with E-state index in [2.05, 4.69) is 28.2 Å². The van der Waals surface area contributed by atoms with Crippen molar-refractivity contribution in [3.63, 3.8) is 0 Å². The van der Waals surface area contributed by atoms with Crippen LogP contribution in [0.4, 0.5) is 0 Å². The molecular weight excluding hydrogens is 266 g/mol. The van der Waals surface area contributed by atoms with Gasteiger partial charge in [-0.2, -0.15) is 0 Å². The highest BCUT2D eigenvalue weighted by molar-refractivity contribution is 5.85. The molecule has 0 radical (unpaired) electrons. The Kier molecular flexibility index (Phi) is 7.81. The van der Waals surface area contributed by atoms with Crippen molar-refractivity contribution >= 4 is 11.5 Å². The van der Waals surface area contributed by atoms with Crippen molar-refractivity contribution in [2.45, 2.75) is 20.8 Å². The van der Waals surface area contributed by atoms with Gasteiger partial charge in [0, 0.05) is 50.4 Å². The van der Waals surface area contributed by atoms with Crippen molar-refractivity contribution < 1.29 is 0 Å². The molecule has 0 bridgehead atoms. The predicted octanol–water partition coefficient (Wildman–Crippen LogP) is -0.381. The summed E-state index contributed by atoms with van der Waals surface area (Å²) in [7, 11) is 0. The SMILES string of the molecule is CC(=N)N1CNCCNCC(C)(C(C)=N)CNCCNC1. The molecule has 0 aromatic heterocycles. The summed E-state index contributed by atoms with van der Waals surface area (Å²) >= 11 is 0. The molecule has 1 heterocycles. The molecule has 7 heteroatoms. The quantitative estimate of drug-likeness (QED) is 0.293. The van der Waals surface area contributed by atoms with Gasteiger partial charge in [0.1, 0.15) is 0 Å². The summed E-state index contributed by atoms with van der Waals surface area (Å²) in [6.45, 7) is 12.2. The van der Waals surface area contributed by atoms with E-state index in [1.54, 1.807) is 6.92 Å². The first-order valence-corrected chi connectivity index (χ1v) is 7.64. The Hall–Kier alpha value is -1.02. The molecular formula is C14H31N7. The lowest BCUT2D eigenvalue weighted by molar-refractivity contribution is 0.331. The van der Waals surface area contributed by atoms with Crippen LogP contribution in [0.2, 0.25) is 0 Å². The van der Waals surface area contributed by atoms with E-state index in [0.29, 0.717) is 24.9 Å². The van der Waals surface area contributed by atoms with Crippen LogP contribution in [0.15, 0.2) is 0 Å². The molecule has 0 aromatic carbocycles. The van der Waals surface area contributed by atoms with Crippen LogP contribution in [0.1, 0.15) is 20.8 Å². The van der Waals surface area contributed by atoms with E-state index < -0.39 is 0 Å². The van der Waals surface area contributed by atoms with Crippen LogP contribution >= 0.6 is 0 Å². The maximum atomic E-state index is 7.99. The maximum Gasteiger partial charge on any atom is 0.0946 e. The summed E-state index contributed by atoms with van der Waals surface area (Å²) in [4.78, 5) is 1.97. The van der Waals surface area contributed by atoms with Crippen molar-refractivity contribution in [3.8, 4) is 0 Å². The van der Waals surface area contributed by atoms with Crippen molar-refractivity contribution in [1.29, 1.82) is 10.8 Å². The zero-order valence-corrected chi connectivity index (χ0v) is 13.6. The second-order valence-electron chi connectivity index (χ2n) is 5.98. The van der Waals surface area contributed by atoms with Gasteiger partial charge in [0.05, 0.1) is 19.2 Å². The topological polar surface area (TPSA) is 99.1 Å². The van der Waals surface area contributed by atoms with Gasteiger partial charge in [-0.3, -0.25) is 16.0 Å². The summed E-state index contributed by atoms with van der Waals surface area (Å²) in [6, 6.07) is 0. The van der Waals surface area contributed by atoms with E-state index in [1.807, 2.05) is 11.8 Å². The second-order valence-corrected chi connectivity index (χ2v) is 5.98. The van der Waals surface area contributed by atoms with E-state index in [1.165, 1.54) is 0 Å². The third kappa shape index (κ3) is 6.52. The molecule has 1 aliphatic heterocycles. The van der Waals surface area contributed by atoms with Gasteiger partial charge in [0.25, 0.3) is 0 Å². The van der Waals surface area contributed by atoms with Gasteiger partial charge >= 0.3 is 0 Å². The Morgan fingerprint density at radius 2 is 1.29 bits per heavy atom. The highest BCUT2D eigenvalue weighted by Gasteiger charge is 2.26. The zero-order valence-electron chi connectivity index (χ0n) is 13.6. The summed E-state index contributed by atoms with van der Waals surface area (Å²) in [5.41, 5.74) is 0.572. The molecule has 0 spiro atoms. The largest absolute Gasteiger partial charge is 0.335 e. The summed E-state index contributed by atoms with van der Waals surface area (Å²) < 4.78 is 0. The molecule has 0 aromatic rings. The fourth-order valence-electron chi connectivity index (χ4n) is 2.13. The van der Waals surface area contributed by atoms with Crippen LogP contribution in [0, 0.1) is 16.2 Å². The first-order valence-electron chi connectivity index (χ1n) is 7.64. The number of hydrogen-bond donors (Lipinski definition) is 6. The van der Waals surface area contributed by atoms with Crippen LogP contribution in [0.3, 0.4) is 0 Å². The molecule has 6 N–H and O–H groups in total. The molecule has 1 rings (SSSR count). The molecule has 1 aliphatic rings. The third-order valence-corrected chi connectivity index (χ3v) is 3.97. The number of hydrogen-bond acceptors (Lipinski definition) is 6. The maximum absolute atomic E-state index is 7.99. The van der Waals surface area contributed by atoms with Gasteiger partial charge in [-0.25, -0.2) is 0 Å². The second kappa shape index (κ2) is 9.09. The Balaban J connectivity index is 2.51. The molecule has 122 valence electrons. The minimum absolute atomic E-state index is 0.137. The van der Waals surface area contributed by atoms with Gasteiger partial charge in [0.2, 0.25) is 0 Å². The molecule has 1 saturated heterocycles. The summed E-state index contributed by atoms with van der Waals surface area (Å²) in [5.74, 6) is 0.565. The van der Waals surface area contributed by atoms with E-state index in [-0.39, 0.29) is 5.41 Å². The van der Waals surface area contributed by atoms with Gasteiger partial charge in [-0.15, -0.1) is 0 Å². The van der Waals surface area contributed by atoms with Crippen molar-refractivity contribution in [1.82, 2.24) is 26.2 Å². The fraction of sp³-hybridized carbons (Fsp3) is 0.857. The lowest BCUT2D eigenvalue weighted by atomic mass is 9.85. The molecule has 7 nitrogen and oxygen atoms in total. The predicted molar refractivity (Wildman–Crippen MR) is 88.2 cm³/mol. The van der Waals surface area contributed by atoms with Crippen LogP contribution in [-0.4, -0.2) is 69.1 Å². The molecule has 0 atom stereocenters. The highest BCUT2D eigenvalue weighted by atomic mass is 15.3. The fourth-order valence-corrected chi connectivity index (χ4v) is 2.13. The molecule has 0 unspecified atom stereocenters. The molecule has 1 fully saturated rings. The average Bonchev–Trinajstić information content (AvgIpc) is 2.42. The van der Waals surface area contributed by atoms with Gasteiger partial charge in [-0.1, -0.05) is 6.92 Å². The number of nitrogens with zero attached hydrogens (tertiary/aromatic N) is 1. The Morgan fingerprint density at radius 1 is 0.857 bits per heavy atom. The van der Waals surface area contributed by atoms with E-state index in [0.717, 1.165) is 39.3 Å². The lowest BCUT2D eigenvalue weighted by Crippen LogP contribution is -2.49. The normalized spacial score (nSPS) is 22.3. The van der Waals surface area contributed by atoms with E-state index in [9.17, 15) is 0 Å². The van der Waals surface area contributed by atoms with Crippen molar-refractivity contribution in [2.75, 3.05) is 52.6 Å². The van der Waals surface area contributed by atoms with E-state index >= 15 is 0 Å². The molecule has 0 aliphatic carbocycles. The van der Waals surface area contributed by atoms with Crippen LogP contribution in [0.5, 0.6) is 0 Å². The smallest absolute Gasteiger partial charge is 0.0946 e. The van der Waals surface area contributed by atoms with Crippen molar-refractivity contribution in [2.24, 2.45) is 5.41 Å². The Bertz CT molecular complexity index is 326. The van der Waals surface area contributed by atoms with Gasteiger partial charge in [-0.05, 0) is 13.8 Å². The Morgan fingerprint density at radius 3 is 1.67 bits per heavy atom. The van der Waals surface area contributed by atoms with Gasteiger partial charge in [0.15, 0.2) is 0 Å². The zero-order chi connectivity index (χ0) is 15.7. The number of nitrogens with one attached hydrogen (secondary N) is 6. The van der Waals surface area contributed by atoms with Gasteiger partial charge < -0.3 is 20.9 Å². The number of rotatable bonds is 1. The minimum Gasteiger partial charge on any atom is -0.335 e. The minimum atomic E-state index is -0.137. The standard InChI is InChI=1S/C14H31N7/c1-12(15)14(3)8-17-4-6-19-10-21(13(2)16)11-20-7-5-18-9-14/h15-20H,4-11H2,1-3H3. The highest BCUT2D eigenvalue weighted by Crippen LogP contribution is 2.15. The monoisotopic (exact) mass is 297 g/mol. The van der Waals surface area contributed by atoms with Crippen LogP contribution in [0.25, 0.3) is 0 Å². The molecule has 0 saturated carbocycles. The summed E-state index contributed by atoms with van der Waals surface area (Å²) in [6.07, 6.45) is 0. The van der Waals surface area contributed by atoms with Crippen molar-refractivity contribution in [3.05, 3.63) is 0 Å². The molecule has 0 amide bonds. The third-order valence-electron chi connectivity index (χ3n) is 3.97. The van der Waals surface area contributed by atoms with Crippen LogP contribution in [-0.2, 0) is 0 Å². The lowest BCUT2D eigenvalue weighted by Gasteiger charge is -2.31. The summed E-state index contributed by atoms with van der Waals surface area (Å²) in [5, 5.41) is 29.3. The average molecular weight is 297 g/mol. The first-order chi connectivity index (χ1) is 9.96. The van der Waals surface area contributed by atoms with Crippen LogP contribution < -0.4 is 21.3 Å². The number of amidine groups is 1.